The number of nitrogens with zero attached hydrogens (tertiary/aromatic N) is 2. The number of ether oxygens (including phenoxy) is 1. The maximum Gasteiger partial charge on any atom is 0.418 e. The van der Waals surface area contributed by atoms with Crippen LogP contribution in [0.5, 0.6) is 5.75 Å². The lowest BCUT2D eigenvalue weighted by atomic mass is 9.74. The summed E-state index contributed by atoms with van der Waals surface area (Å²) in [6.07, 6.45) is -3.84. The number of fused-ring (bicyclic) bond motifs is 1. The number of carbonyl (C=O) groups excluding carboxylic acids is 1. The van der Waals surface area contributed by atoms with Crippen molar-refractivity contribution in [3.8, 4) is 11.4 Å². The number of hydrogen-bond donors (Lipinski definition) is 3. The second kappa shape index (κ2) is 8.92. The van der Waals surface area contributed by atoms with Gasteiger partial charge in [-0.2, -0.15) is 18.3 Å². The number of carbonyl (C=O) groups is 1. The SMILES string of the molecule is CC(C)(CC(O)(CNC(=O)c1cnn(-c2ccccc2)c1N)C(F)(F)F)c1cccc2c1OCC2. The molecule has 4 N–H and O–H groups in total. The Balaban J connectivity index is 1.55. The molecule has 10 heteroatoms. The quantitative estimate of drug-likeness (QED) is 0.470. The molecule has 1 unspecified atom stereocenters. The van der Waals surface area contributed by atoms with Gasteiger partial charge in [0.1, 0.15) is 17.1 Å². The van der Waals surface area contributed by atoms with Gasteiger partial charge >= 0.3 is 6.18 Å². The zero-order valence-corrected chi connectivity index (χ0v) is 19.4. The molecule has 0 bridgehead atoms. The molecule has 7 nitrogen and oxygen atoms in total. The van der Waals surface area contributed by atoms with E-state index >= 15 is 0 Å². The van der Waals surface area contributed by atoms with Crippen molar-refractivity contribution >= 4 is 11.7 Å². The van der Waals surface area contributed by atoms with Gasteiger partial charge in [-0.1, -0.05) is 50.2 Å². The molecular formula is C25H27F3N4O3. The fraction of sp³-hybridized carbons (Fsp3) is 0.360. The molecule has 0 saturated carbocycles. The summed E-state index contributed by atoms with van der Waals surface area (Å²) >= 11 is 0. The van der Waals surface area contributed by atoms with Gasteiger partial charge in [-0.3, -0.25) is 4.79 Å². The summed E-state index contributed by atoms with van der Waals surface area (Å²) in [5.41, 5.74) is 3.73. The van der Waals surface area contributed by atoms with Crippen molar-refractivity contribution in [1.82, 2.24) is 15.1 Å². The summed E-state index contributed by atoms with van der Waals surface area (Å²) < 4.78 is 49.3. The van der Waals surface area contributed by atoms with E-state index in [4.69, 9.17) is 10.5 Å². The molecule has 1 aliphatic heterocycles. The van der Waals surface area contributed by atoms with Crippen LogP contribution in [-0.2, 0) is 11.8 Å². The predicted octanol–water partition coefficient (Wildman–Crippen LogP) is 3.78. The average Bonchev–Trinajstić information content (AvgIpc) is 3.43. The third-order valence-electron chi connectivity index (χ3n) is 6.30. The summed E-state index contributed by atoms with van der Waals surface area (Å²) in [6, 6.07) is 14.1. The molecule has 0 spiro atoms. The van der Waals surface area contributed by atoms with Gasteiger partial charge in [-0.25, -0.2) is 4.68 Å². The fourth-order valence-electron chi connectivity index (χ4n) is 4.47. The van der Waals surface area contributed by atoms with Gasteiger partial charge in [-0.05, 0) is 29.5 Å². The molecular weight excluding hydrogens is 461 g/mol. The van der Waals surface area contributed by atoms with Crippen LogP contribution in [0.1, 0.15) is 41.8 Å². The Hall–Kier alpha value is -3.53. The molecule has 0 radical (unpaired) electrons. The lowest BCUT2D eigenvalue weighted by molar-refractivity contribution is -0.263. The van der Waals surface area contributed by atoms with Crippen molar-refractivity contribution in [2.45, 2.75) is 43.9 Å². The summed E-state index contributed by atoms with van der Waals surface area (Å²) in [4.78, 5) is 12.7. The minimum Gasteiger partial charge on any atom is -0.493 e. The van der Waals surface area contributed by atoms with Gasteiger partial charge in [0.05, 0.1) is 25.0 Å². The van der Waals surface area contributed by atoms with E-state index in [9.17, 15) is 23.1 Å². The van der Waals surface area contributed by atoms with Crippen LogP contribution in [0.15, 0.2) is 54.7 Å². The molecule has 1 aromatic heterocycles. The van der Waals surface area contributed by atoms with Gasteiger partial charge < -0.3 is 20.9 Å². The Morgan fingerprint density at radius 2 is 1.89 bits per heavy atom. The Morgan fingerprint density at radius 1 is 1.17 bits per heavy atom. The highest BCUT2D eigenvalue weighted by Crippen LogP contribution is 2.45. The molecule has 0 fully saturated rings. The minimum absolute atomic E-state index is 0.0263. The summed E-state index contributed by atoms with van der Waals surface area (Å²) in [5.74, 6) is -0.331. The highest BCUT2D eigenvalue weighted by Gasteiger charge is 2.56. The first-order valence-electron chi connectivity index (χ1n) is 11.1. The highest BCUT2D eigenvalue weighted by molar-refractivity contribution is 5.98. The molecule has 186 valence electrons. The Kier molecular flexibility index (Phi) is 6.27. The number of nitrogens with one attached hydrogen (secondary N) is 1. The van der Waals surface area contributed by atoms with Crippen LogP contribution in [0.2, 0.25) is 0 Å². The van der Waals surface area contributed by atoms with Crippen LogP contribution >= 0.6 is 0 Å². The first kappa shape index (κ1) is 24.6. The molecule has 4 rings (SSSR count). The van der Waals surface area contributed by atoms with E-state index in [1.54, 1.807) is 56.3 Å². The third kappa shape index (κ3) is 4.70. The number of aromatic nitrogens is 2. The molecule has 3 aromatic rings. The van der Waals surface area contributed by atoms with E-state index in [1.807, 2.05) is 6.07 Å². The topological polar surface area (TPSA) is 102 Å². The van der Waals surface area contributed by atoms with E-state index in [0.29, 0.717) is 30.0 Å². The van der Waals surface area contributed by atoms with Gasteiger partial charge in [0, 0.05) is 12.0 Å². The highest BCUT2D eigenvalue weighted by atomic mass is 19.4. The Morgan fingerprint density at radius 3 is 2.57 bits per heavy atom. The largest absolute Gasteiger partial charge is 0.493 e. The maximum atomic E-state index is 14.1. The number of halogens is 3. The number of benzene rings is 2. The normalized spacial score (nSPS) is 15.3. The van der Waals surface area contributed by atoms with Crippen LogP contribution < -0.4 is 15.8 Å². The second-order valence-corrected chi connectivity index (χ2v) is 9.36. The van der Waals surface area contributed by atoms with Crippen molar-refractivity contribution in [3.63, 3.8) is 0 Å². The van der Waals surface area contributed by atoms with Crippen molar-refractivity contribution in [3.05, 3.63) is 71.4 Å². The van der Waals surface area contributed by atoms with E-state index in [2.05, 4.69) is 10.4 Å². The maximum absolute atomic E-state index is 14.1. The summed E-state index contributed by atoms with van der Waals surface area (Å²) in [6.45, 7) is 2.64. The second-order valence-electron chi connectivity index (χ2n) is 9.36. The lowest BCUT2D eigenvalue weighted by Gasteiger charge is -2.38. The van der Waals surface area contributed by atoms with Crippen molar-refractivity contribution < 1.29 is 27.8 Å². The zero-order chi connectivity index (χ0) is 25.4. The average molecular weight is 489 g/mol. The molecule has 35 heavy (non-hydrogen) atoms. The van der Waals surface area contributed by atoms with Crippen molar-refractivity contribution in [1.29, 1.82) is 0 Å². The number of anilines is 1. The van der Waals surface area contributed by atoms with Gasteiger partial charge in [-0.15, -0.1) is 0 Å². The molecule has 2 aromatic carbocycles. The number of aliphatic hydroxyl groups is 1. The van der Waals surface area contributed by atoms with E-state index in [0.717, 1.165) is 5.56 Å². The molecule has 0 aliphatic carbocycles. The monoisotopic (exact) mass is 488 g/mol. The first-order chi connectivity index (χ1) is 16.4. The van der Waals surface area contributed by atoms with Crippen LogP contribution in [0.3, 0.4) is 0 Å². The van der Waals surface area contributed by atoms with Gasteiger partial charge in [0.25, 0.3) is 5.91 Å². The number of rotatable bonds is 7. The first-order valence-corrected chi connectivity index (χ1v) is 11.1. The van der Waals surface area contributed by atoms with Crippen LogP contribution in [-0.4, -0.2) is 45.7 Å². The third-order valence-corrected chi connectivity index (χ3v) is 6.30. The summed E-state index contributed by atoms with van der Waals surface area (Å²) in [5, 5.41) is 17.1. The number of amides is 1. The van der Waals surface area contributed by atoms with E-state index in [1.165, 1.54) is 10.9 Å². The molecule has 0 saturated heterocycles. The predicted molar refractivity (Wildman–Crippen MR) is 125 cm³/mol. The lowest BCUT2D eigenvalue weighted by Crippen LogP contribution is -2.56. The number of hydrogen-bond acceptors (Lipinski definition) is 5. The number of nitrogen functional groups attached to an aromatic ring is 1. The molecule has 2 heterocycles. The molecule has 1 amide bonds. The Labute approximate surface area is 200 Å². The smallest absolute Gasteiger partial charge is 0.418 e. The van der Waals surface area contributed by atoms with Crippen LogP contribution in [0.25, 0.3) is 5.69 Å². The van der Waals surface area contributed by atoms with E-state index in [-0.39, 0.29) is 11.4 Å². The number of nitrogens with two attached hydrogens (primary N) is 1. The van der Waals surface area contributed by atoms with Gasteiger partial charge in [0.2, 0.25) is 0 Å². The van der Waals surface area contributed by atoms with Crippen LogP contribution in [0.4, 0.5) is 19.0 Å². The van der Waals surface area contributed by atoms with Crippen molar-refractivity contribution in [2.75, 3.05) is 18.9 Å². The summed E-state index contributed by atoms with van der Waals surface area (Å²) in [7, 11) is 0. The number of para-hydroxylation sites is 2. The van der Waals surface area contributed by atoms with Crippen molar-refractivity contribution in [2.24, 2.45) is 0 Å². The number of alkyl halides is 3. The standard InChI is InChI=1S/C25H27F3N4O3/c1-23(2,19-10-6-7-16-11-12-35-20(16)19)14-24(34,25(26,27)28)15-30-22(33)18-13-31-32(21(18)29)17-8-4-3-5-9-17/h3-10,13,34H,11-12,14-15,29H2,1-2H3,(H,30,33). The Bertz CT molecular complexity index is 1220. The minimum atomic E-state index is -5.00. The van der Waals surface area contributed by atoms with Crippen LogP contribution in [0, 0.1) is 0 Å². The van der Waals surface area contributed by atoms with E-state index < -0.39 is 36.1 Å². The zero-order valence-electron chi connectivity index (χ0n) is 19.4. The van der Waals surface area contributed by atoms with Gasteiger partial charge in [0.15, 0.2) is 5.60 Å². The fourth-order valence-corrected chi connectivity index (χ4v) is 4.47. The molecule has 1 aliphatic rings. The molecule has 1 atom stereocenters.